The van der Waals surface area contributed by atoms with Crippen molar-refractivity contribution in [1.82, 2.24) is 5.32 Å². The summed E-state index contributed by atoms with van der Waals surface area (Å²) in [6.45, 7) is 4.02. The summed E-state index contributed by atoms with van der Waals surface area (Å²) >= 11 is 0. The van der Waals surface area contributed by atoms with Crippen LogP contribution in [0.4, 0.5) is 0 Å². The number of hydrogen-bond donors (Lipinski definition) is 1. The molecule has 0 amide bonds. The summed E-state index contributed by atoms with van der Waals surface area (Å²) in [4.78, 5) is 0. The Kier molecular flexibility index (Phi) is 6.18. The number of methoxy groups -OCH3 is 1. The van der Waals surface area contributed by atoms with Gasteiger partial charge in [0.25, 0.3) is 0 Å². The zero-order valence-corrected chi connectivity index (χ0v) is 12.5. The Morgan fingerprint density at radius 2 is 2.11 bits per heavy atom. The van der Waals surface area contributed by atoms with E-state index in [4.69, 9.17) is 9.47 Å². The standard InChI is InChI=1S/C16H29NO2/c1-3-17-15(14-10-7-11-19-12-14)16(18-2)13-8-5-4-6-9-13/h12-13,15-17H,3-11H2,1-2H3. The number of nitrogens with one attached hydrogen (secondary N) is 1. The van der Waals surface area contributed by atoms with E-state index >= 15 is 0 Å². The molecule has 2 rings (SSSR count). The van der Waals surface area contributed by atoms with Gasteiger partial charge in [-0.05, 0) is 43.7 Å². The van der Waals surface area contributed by atoms with Crippen LogP contribution in [0, 0.1) is 5.92 Å². The predicted octanol–water partition coefficient (Wildman–Crippen LogP) is 3.25. The van der Waals surface area contributed by atoms with Gasteiger partial charge in [-0.15, -0.1) is 0 Å². The summed E-state index contributed by atoms with van der Waals surface area (Å²) in [7, 11) is 1.87. The molecule has 0 spiro atoms. The smallest absolute Gasteiger partial charge is 0.0876 e. The van der Waals surface area contributed by atoms with Crippen molar-refractivity contribution in [2.24, 2.45) is 5.92 Å². The van der Waals surface area contributed by atoms with Crippen molar-refractivity contribution in [3.63, 3.8) is 0 Å². The van der Waals surface area contributed by atoms with E-state index in [1.165, 1.54) is 37.7 Å². The first kappa shape index (κ1) is 14.9. The van der Waals surface area contributed by atoms with E-state index in [-0.39, 0.29) is 0 Å². The fourth-order valence-corrected chi connectivity index (χ4v) is 3.55. The van der Waals surface area contributed by atoms with Gasteiger partial charge in [0.15, 0.2) is 0 Å². The largest absolute Gasteiger partial charge is 0.501 e. The lowest BCUT2D eigenvalue weighted by atomic mass is 9.80. The van der Waals surface area contributed by atoms with Crippen molar-refractivity contribution in [2.75, 3.05) is 20.3 Å². The molecule has 1 fully saturated rings. The fraction of sp³-hybridized carbons (Fsp3) is 0.875. The average molecular weight is 267 g/mol. The molecule has 2 aliphatic rings. The lowest BCUT2D eigenvalue weighted by molar-refractivity contribution is 0.0146. The van der Waals surface area contributed by atoms with E-state index in [0.29, 0.717) is 18.1 Å². The Morgan fingerprint density at radius 1 is 1.32 bits per heavy atom. The Bertz CT molecular complexity index is 284. The van der Waals surface area contributed by atoms with Crippen molar-refractivity contribution >= 4 is 0 Å². The normalized spacial score (nSPS) is 24.4. The third kappa shape index (κ3) is 3.96. The Morgan fingerprint density at radius 3 is 2.68 bits per heavy atom. The van der Waals surface area contributed by atoms with Gasteiger partial charge in [0.05, 0.1) is 25.0 Å². The SMILES string of the molecule is CCNC(C1=COCCC1)C(OC)C1CCCCC1. The van der Waals surface area contributed by atoms with Gasteiger partial charge >= 0.3 is 0 Å². The van der Waals surface area contributed by atoms with E-state index in [9.17, 15) is 0 Å². The summed E-state index contributed by atoms with van der Waals surface area (Å²) in [6.07, 6.45) is 11.3. The maximum absolute atomic E-state index is 5.90. The Balaban J connectivity index is 2.07. The molecule has 0 radical (unpaired) electrons. The first-order valence-corrected chi connectivity index (χ1v) is 7.93. The van der Waals surface area contributed by atoms with Crippen molar-refractivity contribution in [1.29, 1.82) is 0 Å². The molecule has 0 aromatic rings. The molecule has 1 aliphatic carbocycles. The second kappa shape index (κ2) is 7.91. The van der Waals surface area contributed by atoms with E-state index in [0.717, 1.165) is 26.0 Å². The molecule has 0 saturated heterocycles. The lowest BCUT2D eigenvalue weighted by Gasteiger charge is -2.37. The predicted molar refractivity (Wildman–Crippen MR) is 78.1 cm³/mol. The molecule has 110 valence electrons. The van der Waals surface area contributed by atoms with Crippen LogP contribution in [-0.4, -0.2) is 32.4 Å². The number of ether oxygens (including phenoxy) is 2. The summed E-state index contributed by atoms with van der Waals surface area (Å²) in [5.41, 5.74) is 1.39. The first-order chi connectivity index (χ1) is 9.36. The van der Waals surface area contributed by atoms with Gasteiger partial charge in [-0.25, -0.2) is 0 Å². The van der Waals surface area contributed by atoms with Crippen LogP contribution < -0.4 is 5.32 Å². The summed E-state index contributed by atoms with van der Waals surface area (Å²) in [5.74, 6) is 0.700. The molecular weight excluding hydrogens is 238 g/mol. The molecule has 1 heterocycles. The van der Waals surface area contributed by atoms with Gasteiger partial charge in [0.1, 0.15) is 0 Å². The van der Waals surface area contributed by atoms with E-state index in [1.807, 2.05) is 13.4 Å². The average Bonchev–Trinajstić information content (AvgIpc) is 2.49. The highest BCUT2D eigenvalue weighted by atomic mass is 16.5. The van der Waals surface area contributed by atoms with Crippen molar-refractivity contribution in [3.05, 3.63) is 11.8 Å². The molecule has 0 aromatic heterocycles. The van der Waals surface area contributed by atoms with Crippen molar-refractivity contribution in [3.8, 4) is 0 Å². The quantitative estimate of drug-likeness (QED) is 0.801. The topological polar surface area (TPSA) is 30.5 Å². The maximum atomic E-state index is 5.90. The summed E-state index contributed by atoms with van der Waals surface area (Å²) in [6, 6.07) is 0.332. The van der Waals surface area contributed by atoms with Gasteiger partial charge in [-0.2, -0.15) is 0 Å². The van der Waals surface area contributed by atoms with Crippen LogP contribution in [0.2, 0.25) is 0 Å². The molecule has 0 bridgehead atoms. The molecular formula is C16H29NO2. The minimum Gasteiger partial charge on any atom is -0.501 e. The molecule has 3 heteroatoms. The van der Waals surface area contributed by atoms with Crippen molar-refractivity contribution < 1.29 is 9.47 Å². The third-order valence-electron chi connectivity index (χ3n) is 4.50. The lowest BCUT2D eigenvalue weighted by Crippen LogP contribution is -2.47. The second-order valence-corrected chi connectivity index (χ2v) is 5.80. The Labute approximate surface area is 117 Å². The molecule has 3 nitrogen and oxygen atoms in total. The van der Waals surface area contributed by atoms with E-state index < -0.39 is 0 Å². The van der Waals surface area contributed by atoms with Crippen LogP contribution in [0.3, 0.4) is 0 Å². The highest BCUT2D eigenvalue weighted by molar-refractivity contribution is 5.13. The van der Waals surface area contributed by atoms with Crippen molar-refractivity contribution in [2.45, 2.75) is 64.0 Å². The molecule has 1 saturated carbocycles. The molecule has 0 aromatic carbocycles. The molecule has 2 atom stereocenters. The van der Waals surface area contributed by atoms with Gasteiger partial charge in [0, 0.05) is 7.11 Å². The molecule has 2 unspecified atom stereocenters. The zero-order valence-electron chi connectivity index (χ0n) is 12.5. The fourth-order valence-electron chi connectivity index (χ4n) is 3.55. The number of hydrogen-bond acceptors (Lipinski definition) is 3. The minimum absolute atomic E-state index is 0.299. The van der Waals surface area contributed by atoms with Crippen LogP contribution in [0.25, 0.3) is 0 Å². The van der Waals surface area contributed by atoms with Gasteiger partial charge < -0.3 is 14.8 Å². The van der Waals surface area contributed by atoms with Crippen LogP contribution in [0.5, 0.6) is 0 Å². The molecule has 1 N–H and O–H groups in total. The summed E-state index contributed by atoms with van der Waals surface area (Å²) in [5, 5.41) is 3.63. The van der Waals surface area contributed by atoms with Crippen LogP contribution in [0.1, 0.15) is 51.9 Å². The minimum atomic E-state index is 0.299. The highest BCUT2D eigenvalue weighted by Crippen LogP contribution is 2.32. The number of likely N-dealkylation sites (N-methyl/N-ethyl adjacent to an activating group) is 1. The van der Waals surface area contributed by atoms with E-state index in [2.05, 4.69) is 12.2 Å². The van der Waals surface area contributed by atoms with E-state index in [1.54, 1.807) is 0 Å². The molecule has 19 heavy (non-hydrogen) atoms. The maximum Gasteiger partial charge on any atom is 0.0876 e. The molecule has 1 aliphatic heterocycles. The highest BCUT2D eigenvalue weighted by Gasteiger charge is 2.32. The monoisotopic (exact) mass is 267 g/mol. The summed E-state index contributed by atoms with van der Waals surface area (Å²) < 4.78 is 11.4. The third-order valence-corrected chi connectivity index (χ3v) is 4.50. The second-order valence-electron chi connectivity index (χ2n) is 5.80. The van der Waals surface area contributed by atoms with Gasteiger partial charge in [-0.1, -0.05) is 26.2 Å². The Hall–Kier alpha value is -0.540. The zero-order chi connectivity index (χ0) is 13.5. The number of rotatable bonds is 6. The van der Waals surface area contributed by atoms with Crippen LogP contribution in [-0.2, 0) is 9.47 Å². The van der Waals surface area contributed by atoms with Crippen LogP contribution in [0.15, 0.2) is 11.8 Å². The van der Waals surface area contributed by atoms with Gasteiger partial charge in [0.2, 0.25) is 0 Å². The van der Waals surface area contributed by atoms with Crippen LogP contribution >= 0.6 is 0 Å². The first-order valence-electron chi connectivity index (χ1n) is 7.93. The van der Waals surface area contributed by atoms with Gasteiger partial charge in [-0.3, -0.25) is 0 Å².